The summed E-state index contributed by atoms with van der Waals surface area (Å²) in [5.74, 6) is 1.61. The van der Waals surface area contributed by atoms with Crippen molar-refractivity contribution in [3.8, 4) is 17.3 Å². The van der Waals surface area contributed by atoms with Crippen LogP contribution in [-0.2, 0) is 6.42 Å². The molecular formula is C42H53N7OS. The van der Waals surface area contributed by atoms with E-state index in [9.17, 15) is 10.1 Å². The minimum atomic E-state index is -0.448. The molecule has 5 rings (SSSR count). The van der Waals surface area contributed by atoms with Crippen LogP contribution in [0.2, 0.25) is 0 Å². The number of nitrogens with zero attached hydrogens (tertiary/aromatic N) is 7. The number of anilines is 1. The Hall–Kier alpha value is -4.42. The lowest BCUT2D eigenvalue weighted by molar-refractivity contribution is 0.0941. The van der Waals surface area contributed by atoms with Crippen molar-refractivity contribution in [3.63, 3.8) is 0 Å². The Kier molecular flexibility index (Phi) is 13.9. The van der Waals surface area contributed by atoms with Gasteiger partial charge in [-0.2, -0.15) is 9.94 Å². The normalized spacial score (nSPS) is 14.8. The summed E-state index contributed by atoms with van der Waals surface area (Å²) in [5, 5.41) is 16.6. The van der Waals surface area contributed by atoms with Crippen LogP contribution in [0.25, 0.3) is 11.3 Å². The van der Waals surface area contributed by atoms with Gasteiger partial charge in [0.05, 0.1) is 0 Å². The third-order valence-electron chi connectivity index (χ3n) is 9.85. The Morgan fingerprint density at radius 1 is 0.863 bits per heavy atom. The molecule has 1 aliphatic heterocycles. The third-order valence-corrected chi connectivity index (χ3v) is 10.9. The van der Waals surface area contributed by atoms with Gasteiger partial charge in [-0.3, -0.25) is 4.79 Å². The van der Waals surface area contributed by atoms with E-state index < -0.39 is 5.91 Å². The maximum atomic E-state index is 13.7. The standard InChI is InChI=1S/C42H53N7OS/c1-6-11-20-30(9-4)28-48(29-31(10-5)21-12-7-2)42-46-37(33-24-17-14-18-25-33)40(51-42)45-38-34(19-8-3)35(27-43)41(50)49-39(38)44-36(47-49)26-32-22-15-13-16-23-32/h13-18,22-25,30-31H,6-12,19-21,26,28-29H2,1-5H3. The van der Waals surface area contributed by atoms with Crippen LogP contribution in [0.15, 0.2) is 76.8 Å². The van der Waals surface area contributed by atoms with Gasteiger partial charge < -0.3 is 4.90 Å². The number of rotatable bonds is 19. The first-order chi connectivity index (χ1) is 24.9. The lowest BCUT2D eigenvalue weighted by Crippen LogP contribution is -2.34. The number of carbonyl (C=O) groups excluding carboxylic acids is 1. The highest BCUT2D eigenvalue weighted by Crippen LogP contribution is 2.42. The number of benzene rings is 2. The minimum absolute atomic E-state index is 0.0790. The molecule has 4 aromatic rings. The monoisotopic (exact) mass is 703 g/mol. The van der Waals surface area contributed by atoms with Gasteiger partial charge in [0.25, 0.3) is 5.91 Å². The second-order valence-corrected chi connectivity index (χ2v) is 14.6. The Bertz CT molecular complexity index is 1820. The fraction of sp³-hybridized carbons (Fsp3) is 0.476. The number of aromatic nitrogens is 4. The topological polar surface area (TPSA) is 100 Å². The van der Waals surface area contributed by atoms with E-state index in [0.717, 1.165) is 59.3 Å². The molecule has 9 heteroatoms. The van der Waals surface area contributed by atoms with E-state index in [1.807, 2.05) is 55.5 Å². The van der Waals surface area contributed by atoms with Crippen molar-refractivity contribution in [2.75, 3.05) is 18.0 Å². The molecule has 51 heavy (non-hydrogen) atoms. The lowest BCUT2D eigenvalue weighted by atomic mass is 9.95. The average molecular weight is 704 g/mol. The van der Waals surface area contributed by atoms with Crippen molar-refractivity contribution >= 4 is 33.1 Å². The number of aliphatic imine (C=N–C) groups is 1. The number of allylic oxidation sites excluding steroid dienone is 2. The number of thiazole rings is 1. The van der Waals surface area contributed by atoms with Crippen molar-refractivity contribution in [3.05, 3.63) is 89.0 Å². The molecule has 0 N–H and O–H groups in total. The van der Waals surface area contributed by atoms with Crippen LogP contribution in [-0.4, -0.2) is 44.5 Å². The summed E-state index contributed by atoms with van der Waals surface area (Å²) in [6.07, 6.45) is 11.3. The van der Waals surface area contributed by atoms with E-state index in [2.05, 4.69) is 55.9 Å². The van der Waals surface area contributed by atoms with Gasteiger partial charge in [-0.25, -0.2) is 15.0 Å². The molecule has 0 saturated carbocycles. The molecule has 268 valence electrons. The van der Waals surface area contributed by atoms with Crippen LogP contribution in [0.4, 0.5) is 10.1 Å². The number of unbranched alkanes of at least 4 members (excludes halogenated alkanes) is 2. The van der Waals surface area contributed by atoms with Gasteiger partial charge in [-0.05, 0) is 36.7 Å². The van der Waals surface area contributed by atoms with Gasteiger partial charge in [0, 0.05) is 30.6 Å². The Morgan fingerprint density at radius 3 is 2.06 bits per heavy atom. The van der Waals surface area contributed by atoms with Crippen LogP contribution in [0, 0.1) is 23.2 Å². The zero-order chi connectivity index (χ0) is 36.2. The van der Waals surface area contributed by atoms with Gasteiger partial charge in [0.15, 0.2) is 16.8 Å². The van der Waals surface area contributed by atoms with Gasteiger partial charge in [-0.1, -0.05) is 152 Å². The molecule has 8 nitrogen and oxygen atoms in total. The van der Waals surface area contributed by atoms with Crippen molar-refractivity contribution in [1.29, 1.82) is 5.26 Å². The summed E-state index contributed by atoms with van der Waals surface area (Å²) in [7, 11) is 0. The first-order valence-electron chi connectivity index (χ1n) is 19.0. The van der Waals surface area contributed by atoms with E-state index in [1.54, 1.807) is 11.3 Å². The van der Waals surface area contributed by atoms with Crippen LogP contribution in [0.5, 0.6) is 0 Å². The Balaban J connectivity index is 1.67. The molecule has 0 fully saturated rings. The molecule has 0 saturated heterocycles. The average Bonchev–Trinajstić information content (AvgIpc) is 3.78. The Labute approximate surface area is 308 Å². The summed E-state index contributed by atoms with van der Waals surface area (Å²) >= 11 is 1.60. The second kappa shape index (κ2) is 18.7. The molecule has 0 amide bonds. The zero-order valence-corrected chi connectivity index (χ0v) is 31.9. The molecule has 0 aliphatic carbocycles. The van der Waals surface area contributed by atoms with Crippen molar-refractivity contribution < 1.29 is 4.79 Å². The van der Waals surface area contributed by atoms with Crippen molar-refractivity contribution in [2.45, 2.75) is 105 Å². The predicted octanol–water partition coefficient (Wildman–Crippen LogP) is 10.6. The van der Waals surface area contributed by atoms with E-state index >= 15 is 0 Å². The van der Waals surface area contributed by atoms with Gasteiger partial charge >= 0.3 is 0 Å². The molecule has 0 bridgehead atoms. The third kappa shape index (κ3) is 9.28. The van der Waals surface area contributed by atoms with E-state index in [1.165, 1.54) is 43.2 Å². The second-order valence-electron chi connectivity index (χ2n) is 13.7. The minimum Gasteiger partial charge on any atom is -0.347 e. The summed E-state index contributed by atoms with van der Waals surface area (Å²) < 4.78 is 1.28. The van der Waals surface area contributed by atoms with Crippen molar-refractivity contribution in [1.82, 2.24) is 19.7 Å². The molecule has 2 atom stereocenters. The SMILES string of the molecule is CCCCC(CC)CN(CC(CC)CCCC)c1nc(-c2ccccc2)c(N=C2C(CCC)=C(C#N)C(=O)n3nc(Cc4ccccc4)nc32)s1. The predicted molar refractivity (Wildman–Crippen MR) is 210 cm³/mol. The fourth-order valence-corrected chi connectivity index (χ4v) is 7.79. The fourth-order valence-electron chi connectivity index (χ4n) is 6.80. The smallest absolute Gasteiger partial charge is 0.291 e. The van der Waals surface area contributed by atoms with Gasteiger partial charge in [0.1, 0.15) is 28.0 Å². The number of nitriles is 1. The van der Waals surface area contributed by atoms with Gasteiger partial charge in [0.2, 0.25) is 0 Å². The number of fused-ring (bicyclic) bond motifs is 1. The maximum Gasteiger partial charge on any atom is 0.291 e. The number of carbonyl (C=O) groups is 1. The largest absolute Gasteiger partial charge is 0.347 e. The molecular weight excluding hydrogens is 651 g/mol. The highest BCUT2D eigenvalue weighted by atomic mass is 32.1. The molecule has 2 aromatic heterocycles. The molecule has 0 spiro atoms. The van der Waals surface area contributed by atoms with Crippen LogP contribution < -0.4 is 4.90 Å². The van der Waals surface area contributed by atoms with Crippen LogP contribution >= 0.6 is 11.3 Å². The first kappa shape index (κ1) is 37.8. The van der Waals surface area contributed by atoms with Crippen molar-refractivity contribution in [2.24, 2.45) is 16.8 Å². The number of hydrogen-bond acceptors (Lipinski definition) is 8. The molecule has 3 heterocycles. The quantitative estimate of drug-likeness (QED) is 0.0963. The lowest BCUT2D eigenvalue weighted by Gasteiger charge is -2.30. The molecule has 2 unspecified atom stereocenters. The first-order valence-corrected chi connectivity index (χ1v) is 19.8. The van der Waals surface area contributed by atoms with E-state index in [-0.39, 0.29) is 5.57 Å². The molecule has 0 radical (unpaired) electrons. The highest BCUT2D eigenvalue weighted by Gasteiger charge is 2.34. The van der Waals surface area contributed by atoms with E-state index in [0.29, 0.717) is 47.6 Å². The summed E-state index contributed by atoms with van der Waals surface area (Å²) in [6, 6.07) is 22.4. The van der Waals surface area contributed by atoms with Crippen LogP contribution in [0.1, 0.15) is 121 Å². The van der Waals surface area contributed by atoms with Crippen LogP contribution in [0.3, 0.4) is 0 Å². The summed E-state index contributed by atoms with van der Waals surface area (Å²) in [4.78, 5) is 31.9. The molecule has 2 aromatic carbocycles. The maximum absolute atomic E-state index is 13.7. The highest BCUT2D eigenvalue weighted by molar-refractivity contribution is 7.19. The summed E-state index contributed by atoms with van der Waals surface area (Å²) in [6.45, 7) is 13.1. The van der Waals surface area contributed by atoms with Gasteiger partial charge in [-0.15, -0.1) is 5.10 Å². The Morgan fingerprint density at radius 2 is 1.49 bits per heavy atom. The zero-order valence-electron chi connectivity index (χ0n) is 31.1. The van der Waals surface area contributed by atoms with E-state index in [4.69, 9.17) is 15.0 Å². The summed E-state index contributed by atoms with van der Waals surface area (Å²) in [5.41, 5.74) is 4.06. The number of hydrogen-bond donors (Lipinski definition) is 0. The molecule has 1 aliphatic rings.